The third-order valence-electron chi connectivity index (χ3n) is 6.19. The van der Waals surface area contributed by atoms with Crippen molar-refractivity contribution in [2.24, 2.45) is 0 Å². The number of para-hydroxylation sites is 1. The highest BCUT2D eigenvalue weighted by Gasteiger charge is 2.28. The fourth-order valence-electron chi connectivity index (χ4n) is 4.50. The molecule has 1 heterocycles. The number of sulfonamides is 1. The second-order valence-electron chi connectivity index (χ2n) is 9.12. The van der Waals surface area contributed by atoms with Crippen molar-refractivity contribution in [2.45, 2.75) is 38.0 Å². The van der Waals surface area contributed by atoms with Crippen LogP contribution < -0.4 is 9.62 Å². The summed E-state index contributed by atoms with van der Waals surface area (Å²) in [6.07, 6.45) is 3.03. The van der Waals surface area contributed by atoms with Crippen molar-refractivity contribution in [1.29, 1.82) is 0 Å². The van der Waals surface area contributed by atoms with Gasteiger partial charge in [-0.1, -0.05) is 36.4 Å². The predicted molar refractivity (Wildman–Crippen MR) is 142 cm³/mol. The number of carbonyl (C=O) groups excluding carboxylic acids is 2. The van der Waals surface area contributed by atoms with E-state index in [1.54, 1.807) is 59.5 Å². The molecule has 0 spiro atoms. The van der Waals surface area contributed by atoms with Crippen molar-refractivity contribution in [3.8, 4) is 0 Å². The molecule has 1 fully saturated rings. The average Bonchev–Trinajstić information content (AvgIpc) is 2.87. The van der Waals surface area contributed by atoms with Gasteiger partial charge < -0.3 is 10.2 Å². The van der Waals surface area contributed by atoms with Crippen LogP contribution in [0.15, 0.2) is 77.7 Å². The maximum atomic E-state index is 13.6. The van der Waals surface area contributed by atoms with Crippen LogP contribution >= 0.6 is 0 Å². The van der Waals surface area contributed by atoms with E-state index >= 15 is 0 Å². The Morgan fingerprint density at radius 1 is 0.861 bits per heavy atom. The normalized spacial score (nSPS) is 13.8. The SMILES string of the molecule is Cc1cc(C)cc(N(CC(=O)Nc2ccccc2C(=O)N2CCCCC2)S(=O)(=O)c2ccccc2)c1. The molecule has 0 bridgehead atoms. The maximum Gasteiger partial charge on any atom is 0.264 e. The highest BCUT2D eigenvalue weighted by Crippen LogP contribution is 2.26. The summed E-state index contributed by atoms with van der Waals surface area (Å²) < 4.78 is 28.3. The van der Waals surface area contributed by atoms with Gasteiger partial charge in [-0.25, -0.2) is 8.42 Å². The van der Waals surface area contributed by atoms with Crippen molar-refractivity contribution in [3.63, 3.8) is 0 Å². The Hall–Kier alpha value is -3.65. The zero-order chi connectivity index (χ0) is 25.7. The minimum atomic E-state index is -4.02. The van der Waals surface area contributed by atoms with E-state index in [2.05, 4.69) is 5.32 Å². The molecule has 0 unspecified atom stereocenters. The van der Waals surface area contributed by atoms with Crippen LogP contribution in [0.4, 0.5) is 11.4 Å². The van der Waals surface area contributed by atoms with E-state index in [1.807, 2.05) is 19.9 Å². The Balaban J connectivity index is 1.63. The zero-order valence-electron chi connectivity index (χ0n) is 20.6. The monoisotopic (exact) mass is 505 g/mol. The van der Waals surface area contributed by atoms with Crippen LogP contribution in [-0.4, -0.2) is 44.8 Å². The quantitative estimate of drug-likeness (QED) is 0.501. The molecule has 0 atom stereocenters. The van der Waals surface area contributed by atoms with E-state index in [1.165, 1.54) is 12.1 Å². The lowest BCUT2D eigenvalue weighted by Gasteiger charge is -2.28. The number of carbonyl (C=O) groups is 2. The zero-order valence-corrected chi connectivity index (χ0v) is 21.4. The Morgan fingerprint density at radius 2 is 1.47 bits per heavy atom. The first-order chi connectivity index (χ1) is 17.3. The largest absolute Gasteiger partial charge is 0.339 e. The van der Waals surface area contributed by atoms with Crippen molar-refractivity contribution in [1.82, 2.24) is 4.90 Å². The molecule has 1 N–H and O–H groups in total. The van der Waals surface area contributed by atoms with Crippen LogP contribution in [-0.2, 0) is 14.8 Å². The van der Waals surface area contributed by atoms with Gasteiger partial charge in [0.2, 0.25) is 5.91 Å². The van der Waals surface area contributed by atoms with Gasteiger partial charge in [0.15, 0.2) is 0 Å². The highest BCUT2D eigenvalue weighted by atomic mass is 32.2. The Kier molecular flexibility index (Phi) is 7.74. The topological polar surface area (TPSA) is 86.8 Å². The van der Waals surface area contributed by atoms with Crippen LogP contribution in [0, 0.1) is 13.8 Å². The van der Waals surface area contributed by atoms with Crippen molar-refractivity contribution in [2.75, 3.05) is 29.3 Å². The molecule has 2 amide bonds. The average molecular weight is 506 g/mol. The summed E-state index contributed by atoms with van der Waals surface area (Å²) in [5.41, 5.74) is 2.95. The molecule has 1 aliphatic heterocycles. The molecule has 0 aromatic heterocycles. The lowest BCUT2D eigenvalue weighted by molar-refractivity contribution is -0.114. The fraction of sp³-hybridized carbons (Fsp3) is 0.286. The minimum absolute atomic E-state index is 0.0950. The molecule has 8 heteroatoms. The van der Waals surface area contributed by atoms with E-state index in [0.29, 0.717) is 30.0 Å². The molecule has 4 rings (SSSR count). The van der Waals surface area contributed by atoms with E-state index in [4.69, 9.17) is 0 Å². The molecule has 1 aliphatic rings. The summed E-state index contributed by atoms with van der Waals surface area (Å²) in [6, 6.07) is 20.3. The number of anilines is 2. The molecular weight excluding hydrogens is 474 g/mol. The second kappa shape index (κ2) is 11.0. The first-order valence-electron chi connectivity index (χ1n) is 12.1. The highest BCUT2D eigenvalue weighted by molar-refractivity contribution is 7.92. The molecule has 7 nitrogen and oxygen atoms in total. The van der Waals surface area contributed by atoms with Crippen molar-refractivity contribution >= 4 is 33.2 Å². The molecule has 3 aromatic carbocycles. The number of nitrogens with one attached hydrogen (secondary N) is 1. The van der Waals surface area contributed by atoms with Crippen molar-refractivity contribution in [3.05, 3.63) is 89.5 Å². The van der Waals surface area contributed by atoms with Gasteiger partial charge in [0.1, 0.15) is 6.54 Å². The Morgan fingerprint density at radius 3 is 2.14 bits per heavy atom. The van der Waals surface area contributed by atoms with E-state index in [-0.39, 0.29) is 10.8 Å². The van der Waals surface area contributed by atoms with Gasteiger partial charge in [-0.05, 0) is 80.6 Å². The van der Waals surface area contributed by atoms with Gasteiger partial charge in [0, 0.05) is 13.1 Å². The number of benzene rings is 3. The lowest BCUT2D eigenvalue weighted by atomic mass is 10.1. The summed E-state index contributed by atoms with van der Waals surface area (Å²) >= 11 is 0. The summed E-state index contributed by atoms with van der Waals surface area (Å²) in [5.74, 6) is -0.666. The predicted octanol–water partition coefficient (Wildman–Crippen LogP) is 4.76. The molecule has 3 aromatic rings. The standard InChI is InChI=1S/C28H31N3O4S/c1-21-17-22(2)19-23(18-21)31(36(34,35)24-11-5-3-6-12-24)20-27(32)29-26-14-8-7-13-25(26)28(33)30-15-9-4-10-16-30/h3,5-8,11-14,17-19H,4,9-10,15-16,20H2,1-2H3,(H,29,32). The number of likely N-dealkylation sites (tertiary alicyclic amines) is 1. The van der Waals surface area contributed by atoms with Crippen LogP contribution in [0.5, 0.6) is 0 Å². The van der Waals surface area contributed by atoms with Gasteiger partial charge in [0.25, 0.3) is 15.9 Å². The summed E-state index contributed by atoms with van der Waals surface area (Å²) in [5, 5.41) is 2.79. The van der Waals surface area contributed by atoms with Gasteiger partial charge in [0.05, 0.1) is 21.8 Å². The van der Waals surface area contributed by atoms with Crippen LogP contribution in [0.2, 0.25) is 0 Å². The summed E-state index contributed by atoms with van der Waals surface area (Å²) in [6.45, 7) is 4.71. The van der Waals surface area contributed by atoms with Gasteiger partial charge >= 0.3 is 0 Å². The van der Waals surface area contributed by atoms with Gasteiger partial charge in [-0.3, -0.25) is 13.9 Å². The van der Waals surface area contributed by atoms with Crippen LogP contribution in [0.3, 0.4) is 0 Å². The molecule has 0 saturated carbocycles. The molecule has 36 heavy (non-hydrogen) atoms. The first kappa shape index (κ1) is 25.4. The van der Waals surface area contributed by atoms with Crippen LogP contribution in [0.25, 0.3) is 0 Å². The summed E-state index contributed by atoms with van der Waals surface area (Å²) in [4.78, 5) is 28.3. The number of hydrogen-bond donors (Lipinski definition) is 1. The molecule has 0 radical (unpaired) electrons. The number of amides is 2. The smallest absolute Gasteiger partial charge is 0.264 e. The van der Waals surface area contributed by atoms with E-state index in [9.17, 15) is 18.0 Å². The second-order valence-corrected chi connectivity index (χ2v) is 11.0. The molecular formula is C28H31N3O4S. The maximum absolute atomic E-state index is 13.6. The van der Waals surface area contributed by atoms with Crippen molar-refractivity contribution < 1.29 is 18.0 Å². The van der Waals surface area contributed by atoms with Gasteiger partial charge in [-0.15, -0.1) is 0 Å². The third-order valence-corrected chi connectivity index (χ3v) is 7.98. The van der Waals surface area contributed by atoms with E-state index < -0.39 is 22.5 Å². The number of aryl methyl sites for hydroxylation is 2. The number of piperidine rings is 1. The van der Waals surface area contributed by atoms with E-state index in [0.717, 1.165) is 34.7 Å². The lowest BCUT2D eigenvalue weighted by Crippen LogP contribution is -2.39. The number of hydrogen-bond acceptors (Lipinski definition) is 4. The number of nitrogens with zero attached hydrogens (tertiary/aromatic N) is 2. The Bertz CT molecular complexity index is 1330. The van der Waals surface area contributed by atoms with Crippen LogP contribution in [0.1, 0.15) is 40.7 Å². The fourth-order valence-corrected chi connectivity index (χ4v) is 5.92. The Labute approximate surface area is 212 Å². The summed E-state index contributed by atoms with van der Waals surface area (Å²) in [7, 11) is -4.02. The first-order valence-corrected chi connectivity index (χ1v) is 13.5. The molecule has 0 aliphatic carbocycles. The minimum Gasteiger partial charge on any atom is -0.339 e. The van der Waals surface area contributed by atoms with Gasteiger partial charge in [-0.2, -0.15) is 0 Å². The number of rotatable bonds is 7. The molecule has 188 valence electrons. The third kappa shape index (κ3) is 5.76. The molecule has 1 saturated heterocycles.